The van der Waals surface area contributed by atoms with Gasteiger partial charge in [-0.2, -0.15) is 0 Å². The molecule has 10 rings (SSSR count). The van der Waals surface area contributed by atoms with E-state index in [1.807, 2.05) is 169 Å². The highest BCUT2D eigenvalue weighted by Crippen LogP contribution is 2.31. The van der Waals surface area contributed by atoms with Crippen molar-refractivity contribution in [2.75, 3.05) is 7.11 Å². The van der Waals surface area contributed by atoms with E-state index in [-0.39, 0.29) is 103 Å². The number of hydrogen-bond donors (Lipinski definition) is 1. The van der Waals surface area contributed by atoms with Gasteiger partial charge in [0.1, 0.15) is 11.5 Å². The molecule has 0 spiro atoms. The predicted molar refractivity (Wildman–Crippen MR) is 649 cm³/mol. The molecule has 1 N–H and O–H groups in total. The van der Waals surface area contributed by atoms with E-state index < -0.39 is 27.1 Å². The zero-order valence-corrected chi connectivity index (χ0v) is 102. The molecule has 0 amide bonds. The summed E-state index contributed by atoms with van der Waals surface area (Å²) >= 11 is 30.3. The SMILES string of the molecule is BrB(Br)Br.COc1ccc2c(=O)c3sc4c(=O)c5ccccc5c(=O)c4c3c(=O)c2c1.O=c1c2ccccc2c(=O)c2c1sc1c(=O)c3ccc(O)cc3c(=O)c12.S=S=S=S=S=S=S=S=S=S=S=S=S=S=S=S=S=S=S=S=S=S=S=S=S=S=S.S=S=S=S=S=S=S=S=S=S=S=S=S=S=S=S=S=S=S=S=S=S=S=S=S=S=S=S. The number of fused-ring (bicyclic) bond motifs is 10. The number of thiophene rings is 2. The average Bonchev–Trinajstić information content (AvgIpc) is 1.56. The molecule has 0 bridgehead atoms. The van der Waals surface area contributed by atoms with Crippen molar-refractivity contribution in [3.63, 3.8) is 0 Å². The standard InChI is InChI=1S/C21H10O5S.C20H8O5S.BBr3.S28.S27/c1-26-9-6-7-12-13(8-9)17(23)15-14-16(22)10-4-2-3-5-11(10)18(24)20(14)27-21(15)19(12)25;21-8-5-6-11-12(7-8)16(23)14-13-15(22)9-3-1-2-4-10(9)17(24)19(13)26-20(14)18(11)25;2-1(3)4;1-3-5-7-9-11-13-15-17-19-21-23-25-27-28-26-24-22-20-18-16-14-12-10-8-6-4-2;1-3-5-7-9-11-13-15-17-19-21-23-25-27-26-24-22-20-18-16-14-12-10-8-6-4-2/h2-8H,1H3;1-7,21H;;;. The Balaban J connectivity index is 0.000000229. The maximum absolute atomic E-state index is 13.2. The Morgan fingerprint density at radius 3 is 0.661 bits per heavy atom. The molecule has 0 fully saturated rings. The van der Waals surface area contributed by atoms with Crippen LogP contribution in [-0.2, 0) is 498 Å². The second-order valence-corrected chi connectivity index (χ2v) is 115. The fourth-order valence-electron chi connectivity index (χ4n) is 7.64. The largest absolute Gasteiger partial charge is 0.508 e. The zero-order valence-electron chi connectivity index (χ0n) is 51.2. The van der Waals surface area contributed by atoms with E-state index in [0.29, 0.717) is 11.1 Å². The lowest BCUT2D eigenvalue weighted by Crippen LogP contribution is -2.15. The third-order valence-corrected chi connectivity index (χ3v) is 122. The van der Waals surface area contributed by atoms with Crippen LogP contribution in [0, 0.1) is 0 Å². The smallest absolute Gasteiger partial charge is 0.369 e. The molecule has 112 heavy (non-hydrogen) atoms. The van der Waals surface area contributed by atoms with Gasteiger partial charge in [-0.05, 0) is 36.4 Å². The number of methoxy groups -OCH3 is 1. The van der Waals surface area contributed by atoms with E-state index in [9.17, 15) is 43.5 Å². The number of halogens is 3. The molecule has 0 aliphatic rings. The minimum absolute atomic E-state index is 0.000966. The first-order valence-corrected chi connectivity index (χ1v) is 100. The molecule has 2 heterocycles. The van der Waals surface area contributed by atoms with Crippen molar-refractivity contribution in [3.05, 3.63) is 167 Å². The fraction of sp³-hybridized carbons (Fsp3) is 0.0244. The molecule has 0 atom stereocenters. The fourth-order valence-corrected chi connectivity index (χ4v) is 139. The summed E-state index contributed by atoms with van der Waals surface area (Å²) in [5.74, 6) is 0.292. The molecule has 608 valence electrons. The van der Waals surface area contributed by atoms with Crippen LogP contribution in [0.2, 0.25) is 0 Å². The lowest BCUT2D eigenvalue weighted by atomic mass is 10.0. The first-order chi connectivity index (χ1) is 54.6. The number of benzene rings is 8. The highest BCUT2D eigenvalue weighted by atomic mass is 79.9. The summed E-state index contributed by atoms with van der Waals surface area (Å²) in [6.45, 7) is 0. The van der Waals surface area contributed by atoms with Crippen molar-refractivity contribution in [1.82, 2.24) is 0 Å². The van der Waals surface area contributed by atoms with Crippen LogP contribution in [0.1, 0.15) is 0 Å². The van der Waals surface area contributed by atoms with E-state index in [1.54, 1.807) is 297 Å². The van der Waals surface area contributed by atoms with Crippen LogP contribution in [0.25, 0.3) is 83.4 Å². The minimum Gasteiger partial charge on any atom is -0.508 e. The van der Waals surface area contributed by atoms with Crippen molar-refractivity contribution < 1.29 is 9.84 Å². The summed E-state index contributed by atoms with van der Waals surface area (Å²) in [6.07, 6.45) is 0. The minimum atomic E-state index is -0.525. The molecule has 0 saturated heterocycles. The quantitative estimate of drug-likeness (QED) is 0.166. The third kappa shape index (κ3) is 38.5. The van der Waals surface area contributed by atoms with E-state index >= 15 is 0 Å². The first-order valence-electron chi connectivity index (χ1n) is 25.4. The Labute approximate surface area is 830 Å². The highest BCUT2D eigenvalue weighted by molar-refractivity contribution is 9.69. The van der Waals surface area contributed by atoms with Crippen LogP contribution in [-0.4, -0.2) is 15.4 Å². The van der Waals surface area contributed by atoms with Gasteiger partial charge in [0.2, 0.25) is 21.7 Å². The van der Waals surface area contributed by atoms with Gasteiger partial charge in [0.25, 0.3) is 0 Å². The van der Waals surface area contributed by atoms with Gasteiger partial charge in [0, 0.05) is 541 Å². The van der Waals surface area contributed by atoms with Gasteiger partial charge in [-0.3, -0.25) is 38.4 Å². The van der Waals surface area contributed by atoms with Crippen molar-refractivity contribution in [2.24, 2.45) is 0 Å². The second kappa shape index (κ2) is 66.2. The molecular weight excluding hydrogens is 2730 g/mol. The number of phenolic OH excluding ortho intramolecular Hbond substituents is 1. The molecule has 0 unspecified atom stereocenters. The summed E-state index contributed by atoms with van der Waals surface area (Å²) in [5.41, 5.74) is -3.25. The van der Waals surface area contributed by atoms with Gasteiger partial charge in [0.05, 0.1) is 47.5 Å². The molecule has 0 aliphatic carbocycles. The van der Waals surface area contributed by atoms with Crippen LogP contribution < -0.4 is 48.2 Å². The van der Waals surface area contributed by atoms with Crippen molar-refractivity contribution in [3.8, 4) is 11.5 Å². The summed E-state index contributed by atoms with van der Waals surface area (Å²) < 4.78 is 5.95. The van der Waals surface area contributed by atoms with Crippen molar-refractivity contribution in [1.29, 1.82) is 0 Å². The monoisotopic (exact) mass is 2740 g/mol. The molecule has 10 nitrogen and oxygen atoms in total. The normalized spacial score (nSPS) is 9.54. The molecule has 0 saturated carbocycles. The molecule has 71 heteroatoms. The maximum atomic E-state index is 13.2. The Kier molecular flexibility index (Phi) is 63.6. The topological polar surface area (TPSA) is 166 Å². The Morgan fingerprint density at radius 2 is 0.446 bits per heavy atom. The van der Waals surface area contributed by atoms with Gasteiger partial charge < -0.3 is 9.84 Å². The number of aromatic hydroxyl groups is 1. The van der Waals surface area contributed by atoms with Gasteiger partial charge in [-0.1, -0.05) is 48.5 Å². The average molecular weight is 2750 g/mol. The Hall–Kier alpha value is 6.84. The van der Waals surface area contributed by atoms with Crippen molar-refractivity contribution >= 4 is 654 Å². The summed E-state index contributed by atoms with van der Waals surface area (Å²) in [7, 11) is 90.5. The van der Waals surface area contributed by atoms with Crippen LogP contribution >= 0.6 is 69.9 Å². The summed E-state index contributed by atoms with van der Waals surface area (Å²) in [6, 6.07) is 21.5. The number of phenols is 1. The molecule has 8 aromatic carbocycles. The molecule has 0 aliphatic heterocycles. The second-order valence-electron chi connectivity index (χ2n) is 16.1. The lowest BCUT2D eigenvalue weighted by Gasteiger charge is -2.01. The summed E-state index contributed by atoms with van der Waals surface area (Å²) in [4.78, 5) is 104. The summed E-state index contributed by atoms with van der Waals surface area (Å²) in [5, 5.41) is 11.4. The predicted octanol–water partition coefficient (Wildman–Crippen LogP) is 7.09. The number of hydrogen-bond acceptors (Lipinski definition) is 16. The maximum Gasteiger partial charge on any atom is 0.369 e. The van der Waals surface area contributed by atoms with Gasteiger partial charge >= 0.3 is 3.18 Å². The van der Waals surface area contributed by atoms with Gasteiger partial charge in [-0.15, -0.1) is 69.9 Å². The van der Waals surface area contributed by atoms with E-state index in [0.717, 1.165) is 22.7 Å². The van der Waals surface area contributed by atoms with Crippen LogP contribution in [0.3, 0.4) is 0 Å². The lowest BCUT2D eigenvalue weighted by molar-refractivity contribution is 0.415. The molecular formula is C41H18BBr3O10S57. The van der Waals surface area contributed by atoms with Gasteiger partial charge in [-0.25, -0.2) is 0 Å². The van der Waals surface area contributed by atoms with Crippen LogP contribution in [0.4, 0.5) is 0 Å². The first kappa shape index (κ1) is 108. The van der Waals surface area contributed by atoms with E-state index in [2.05, 4.69) is 47.3 Å². The zero-order chi connectivity index (χ0) is 80.7. The molecule has 2 aromatic heterocycles. The number of rotatable bonds is 1. The van der Waals surface area contributed by atoms with Crippen molar-refractivity contribution in [2.45, 2.75) is 0 Å². The Morgan fingerprint density at radius 1 is 0.268 bits per heavy atom. The van der Waals surface area contributed by atoms with E-state index in [4.69, 9.17) is 49.5 Å². The van der Waals surface area contributed by atoms with E-state index in [1.165, 1.54) is 79.0 Å². The molecule has 10 aromatic rings. The van der Waals surface area contributed by atoms with Crippen LogP contribution in [0.15, 0.2) is 123 Å². The highest BCUT2D eigenvalue weighted by Gasteiger charge is 2.24. The third-order valence-electron chi connectivity index (χ3n) is 11.0. The van der Waals surface area contributed by atoms with Gasteiger partial charge in [0.15, 0.2) is 21.7 Å². The Bertz CT molecular complexity index is 8400. The molecule has 0 radical (unpaired) electrons. The van der Waals surface area contributed by atoms with Crippen LogP contribution in [0.5, 0.6) is 11.5 Å². The number of ether oxygens (including phenoxy) is 1.